The number of nitrogens with two attached hydrogens (primary N) is 1. The lowest BCUT2D eigenvalue weighted by molar-refractivity contribution is -0.127. The Kier molecular flexibility index (Phi) is 4.91. The minimum atomic E-state index is -1.50. The zero-order chi connectivity index (χ0) is 16.3. The Labute approximate surface area is 127 Å². The molecule has 2 atom stereocenters. The fourth-order valence-corrected chi connectivity index (χ4v) is 2.11. The third kappa shape index (κ3) is 4.10. The highest BCUT2D eigenvalue weighted by Crippen LogP contribution is 2.30. The zero-order valence-electron chi connectivity index (χ0n) is 12.5. The Morgan fingerprint density at radius 1 is 1.32 bits per heavy atom. The first-order chi connectivity index (χ1) is 10.3. The number of nitrogen functional groups attached to an aromatic ring is 1. The first-order valence-corrected chi connectivity index (χ1v) is 6.93. The fourth-order valence-electron chi connectivity index (χ4n) is 2.11. The van der Waals surface area contributed by atoms with E-state index in [1.54, 1.807) is 6.33 Å². The normalized spacial score (nSPS) is 21.7. The van der Waals surface area contributed by atoms with Crippen LogP contribution < -0.4 is 5.73 Å². The standard InChI is InChI=1S/C10H13N5O2.C3H8O2/c11-9-8-10(13-4-12-9)15(5-14-8)7-2-1-6(3-16)17-7;1-3(2,4)5/h4-7,16H,1-3H2,(H2,11,12,13);4-5H,1-2H3. The zero-order valence-corrected chi connectivity index (χ0v) is 12.5. The third-order valence-electron chi connectivity index (χ3n) is 2.99. The predicted molar refractivity (Wildman–Crippen MR) is 78.5 cm³/mol. The van der Waals surface area contributed by atoms with Crippen molar-refractivity contribution in [1.29, 1.82) is 0 Å². The van der Waals surface area contributed by atoms with Crippen LogP contribution in [0.5, 0.6) is 0 Å². The van der Waals surface area contributed by atoms with Crippen molar-refractivity contribution in [2.45, 2.75) is 44.8 Å². The molecule has 2 unspecified atom stereocenters. The van der Waals surface area contributed by atoms with Crippen LogP contribution in [0.1, 0.15) is 32.9 Å². The number of anilines is 1. The van der Waals surface area contributed by atoms with Crippen molar-refractivity contribution in [3.8, 4) is 0 Å². The molecule has 0 amide bonds. The van der Waals surface area contributed by atoms with Crippen LogP contribution in [0.2, 0.25) is 0 Å². The summed E-state index contributed by atoms with van der Waals surface area (Å²) in [5.41, 5.74) is 6.97. The van der Waals surface area contributed by atoms with Crippen molar-refractivity contribution in [3.63, 3.8) is 0 Å². The van der Waals surface area contributed by atoms with Gasteiger partial charge in [-0.25, -0.2) is 15.0 Å². The molecule has 1 fully saturated rings. The Morgan fingerprint density at radius 2 is 2.00 bits per heavy atom. The van der Waals surface area contributed by atoms with Crippen LogP contribution in [-0.4, -0.2) is 53.3 Å². The second-order valence-electron chi connectivity index (χ2n) is 5.55. The van der Waals surface area contributed by atoms with Crippen molar-refractivity contribution in [3.05, 3.63) is 12.7 Å². The van der Waals surface area contributed by atoms with Crippen molar-refractivity contribution < 1.29 is 20.1 Å². The SMILES string of the molecule is CC(C)(O)O.Nc1ncnc2c1ncn2C1CCC(CO)O1. The summed E-state index contributed by atoms with van der Waals surface area (Å²) in [5, 5.41) is 25.2. The largest absolute Gasteiger partial charge is 0.394 e. The number of fused-ring (bicyclic) bond motifs is 1. The molecule has 1 saturated heterocycles. The van der Waals surface area contributed by atoms with E-state index < -0.39 is 5.79 Å². The van der Waals surface area contributed by atoms with Gasteiger partial charge in [-0.15, -0.1) is 0 Å². The third-order valence-corrected chi connectivity index (χ3v) is 2.99. The molecule has 0 radical (unpaired) electrons. The van der Waals surface area contributed by atoms with Gasteiger partial charge in [0.15, 0.2) is 17.3 Å². The molecule has 0 aliphatic carbocycles. The molecule has 22 heavy (non-hydrogen) atoms. The number of hydrogen-bond donors (Lipinski definition) is 4. The van der Waals surface area contributed by atoms with Gasteiger partial charge in [-0.1, -0.05) is 0 Å². The van der Waals surface area contributed by atoms with Crippen molar-refractivity contribution in [1.82, 2.24) is 19.5 Å². The lowest BCUT2D eigenvalue weighted by Gasteiger charge is -2.13. The van der Waals surface area contributed by atoms with Crippen molar-refractivity contribution >= 4 is 17.0 Å². The molecule has 2 aromatic rings. The second-order valence-corrected chi connectivity index (χ2v) is 5.55. The number of hydrogen-bond acceptors (Lipinski definition) is 8. The number of aliphatic hydroxyl groups is 3. The van der Waals surface area contributed by atoms with E-state index in [0.717, 1.165) is 12.8 Å². The summed E-state index contributed by atoms with van der Waals surface area (Å²) >= 11 is 0. The van der Waals surface area contributed by atoms with E-state index >= 15 is 0 Å². The number of aromatic nitrogens is 4. The van der Waals surface area contributed by atoms with Crippen molar-refractivity contribution in [2.75, 3.05) is 12.3 Å². The molecule has 3 rings (SSSR count). The quantitative estimate of drug-likeness (QED) is 0.558. The Bertz CT molecular complexity index is 618. The molecule has 0 aromatic carbocycles. The average Bonchev–Trinajstić information content (AvgIpc) is 3.02. The van der Waals surface area contributed by atoms with Crippen LogP contribution in [0, 0.1) is 0 Å². The maximum atomic E-state index is 9.04. The number of rotatable bonds is 2. The van der Waals surface area contributed by atoms with Crippen LogP contribution in [0.3, 0.4) is 0 Å². The van der Waals surface area contributed by atoms with Gasteiger partial charge < -0.3 is 25.8 Å². The number of ether oxygens (including phenoxy) is 1. The van der Waals surface area contributed by atoms with E-state index in [2.05, 4.69) is 15.0 Å². The Balaban J connectivity index is 0.000000309. The first-order valence-electron chi connectivity index (χ1n) is 6.93. The van der Waals surface area contributed by atoms with Crippen LogP contribution in [0.15, 0.2) is 12.7 Å². The highest BCUT2D eigenvalue weighted by molar-refractivity contribution is 5.81. The van der Waals surface area contributed by atoms with E-state index in [1.165, 1.54) is 20.2 Å². The molecular weight excluding hydrogens is 290 g/mol. The van der Waals surface area contributed by atoms with Crippen molar-refractivity contribution in [2.24, 2.45) is 0 Å². The predicted octanol–water partition coefficient (Wildman–Crippen LogP) is -0.215. The van der Waals surface area contributed by atoms with E-state index in [9.17, 15) is 0 Å². The Morgan fingerprint density at radius 3 is 2.59 bits per heavy atom. The van der Waals surface area contributed by atoms with Gasteiger partial charge in [0.1, 0.15) is 18.1 Å². The fraction of sp³-hybridized carbons (Fsp3) is 0.615. The lowest BCUT2D eigenvalue weighted by Crippen LogP contribution is -2.15. The van der Waals surface area contributed by atoms with E-state index in [4.69, 9.17) is 25.8 Å². The summed E-state index contributed by atoms with van der Waals surface area (Å²) in [6, 6.07) is 0. The first kappa shape index (κ1) is 16.6. The van der Waals surface area contributed by atoms with Gasteiger partial charge in [-0.05, 0) is 26.7 Å². The topological polar surface area (TPSA) is 140 Å². The summed E-state index contributed by atoms with van der Waals surface area (Å²) in [7, 11) is 0. The summed E-state index contributed by atoms with van der Waals surface area (Å²) < 4.78 is 7.51. The molecule has 0 saturated carbocycles. The van der Waals surface area contributed by atoms with Crippen LogP contribution in [0.25, 0.3) is 11.2 Å². The monoisotopic (exact) mass is 311 g/mol. The van der Waals surface area contributed by atoms with E-state index in [-0.39, 0.29) is 18.9 Å². The van der Waals surface area contributed by atoms with Gasteiger partial charge in [0, 0.05) is 0 Å². The maximum absolute atomic E-state index is 9.04. The molecule has 0 spiro atoms. The molecule has 9 nitrogen and oxygen atoms in total. The summed E-state index contributed by atoms with van der Waals surface area (Å²) in [5.74, 6) is -1.13. The van der Waals surface area contributed by atoms with Gasteiger partial charge in [0.05, 0.1) is 19.0 Å². The minimum Gasteiger partial charge on any atom is -0.394 e. The molecule has 3 heterocycles. The molecule has 0 bridgehead atoms. The second kappa shape index (κ2) is 6.53. The van der Waals surface area contributed by atoms with Crippen LogP contribution in [0.4, 0.5) is 5.82 Å². The number of aliphatic hydroxyl groups excluding tert-OH is 1. The van der Waals surface area contributed by atoms with Gasteiger partial charge in [0.25, 0.3) is 0 Å². The molecule has 1 aliphatic heterocycles. The molecule has 2 aromatic heterocycles. The molecule has 9 heteroatoms. The highest BCUT2D eigenvalue weighted by Gasteiger charge is 2.27. The summed E-state index contributed by atoms with van der Waals surface area (Å²) in [4.78, 5) is 12.2. The number of imidazole rings is 1. The average molecular weight is 311 g/mol. The maximum Gasteiger partial charge on any atom is 0.167 e. The lowest BCUT2D eigenvalue weighted by atomic mass is 10.2. The van der Waals surface area contributed by atoms with Gasteiger partial charge in [-0.3, -0.25) is 4.57 Å². The summed E-state index contributed by atoms with van der Waals surface area (Å²) in [6.07, 6.45) is 4.50. The molecule has 5 N–H and O–H groups in total. The summed E-state index contributed by atoms with van der Waals surface area (Å²) in [6.45, 7) is 2.64. The number of nitrogens with zero attached hydrogens (tertiary/aromatic N) is 4. The molecule has 122 valence electrons. The highest BCUT2D eigenvalue weighted by atomic mass is 16.5. The minimum absolute atomic E-state index is 0.0419. The van der Waals surface area contributed by atoms with Crippen LogP contribution in [-0.2, 0) is 4.74 Å². The Hall–Kier alpha value is -1.81. The van der Waals surface area contributed by atoms with E-state index in [0.29, 0.717) is 17.0 Å². The van der Waals surface area contributed by atoms with Gasteiger partial charge >= 0.3 is 0 Å². The molecular formula is C13H21N5O4. The van der Waals surface area contributed by atoms with E-state index in [1.807, 2.05) is 4.57 Å². The van der Waals surface area contributed by atoms with Crippen LogP contribution >= 0.6 is 0 Å². The smallest absolute Gasteiger partial charge is 0.167 e. The van der Waals surface area contributed by atoms with Gasteiger partial charge in [-0.2, -0.15) is 0 Å². The molecule has 1 aliphatic rings. The van der Waals surface area contributed by atoms with Gasteiger partial charge in [0.2, 0.25) is 0 Å².